The topological polar surface area (TPSA) is 17.1 Å². The first-order chi connectivity index (χ1) is 4.00. The van der Waals surface area contributed by atoms with Crippen LogP contribution in [-0.4, -0.2) is 16.0 Å². The molecule has 0 aromatic carbocycles. The van der Waals surface area contributed by atoms with Gasteiger partial charge in [0.1, 0.15) is 10.6 Å². The summed E-state index contributed by atoms with van der Waals surface area (Å²) < 4.78 is -1.11. The first kappa shape index (κ1) is 9.54. The maximum Gasteiger partial charge on any atom is 0.140 e. The van der Waals surface area contributed by atoms with Gasteiger partial charge in [-0.25, -0.2) is 0 Å². The lowest BCUT2D eigenvalue weighted by Crippen LogP contribution is -2.23. The summed E-state index contributed by atoms with van der Waals surface area (Å²) in [6.07, 6.45) is 0.722. The molecule has 0 aliphatic rings. The predicted octanol–water partition coefficient (Wildman–Crippen LogP) is 2.38. The van der Waals surface area contributed by atoms with E-state index in [0.29, 0.717) is 6.29 Å². The van der Waals surface area contributed by atoms with Crippen LogP contribution in [0.2, 0.25) is 0 Å². The van der Waals surface area contributed by atoms with E-state index in [9.17, 15) is 4.79 Å². The Labute approximate surface area is 69.3 Å². The van der Waals surface area contributed by atoms with Gasteiger partial charge in [0.2, 0.25) is 0 Å². The van der Waals surface area contributed by atoms with Gasteiger partial charge in [0.25, 0.3) is 0 Å². The van der Waals surface area contributed by atoms with Crippen molar-refractivity contribution in [2.75, 3.05) is 0 Å². The van der Waals surface area contributed by atoms with Crippen LogP contribution in [-0.2, 0) is 4.79 Å². The maximum absolute atomic E-state index is 9.90. The monoisotopic (exact) mass is 188 g/mol. The SMILES string of the molecule is CC(Cl)C(Cl)(Cl)CC=O. The average molecular weight is 189 g/mol. The summed E-state index contributed by atoms with van der Waals surface area (Å²) in [6, 6.07) is 0. The minimum absolute atomic E-state index is 0.0702. The second-order valence-corrected chi connectivity index (χ2v) is 3.94. The quantitative estimate of drug-likeness (QED) is 0.492. The lowest BCUT2D eigenvalue weighted by molar-refractivity contribution is -0.108. The summed E-state index contributed by atoms with van der Waals surface area (Å²) in [4.78, 5) is 9.90. The Balaban J connectivity index is 3.84. The molecule has 0 aromatic rings. The Morgan fingerprint density at radius 2 is 2.11 bits per heavy atom. The second kappa shape index (κ2) is 3.65. The molecule has 1 nitrogen and oxygen atoms in total. The van der Waals surface area contributed by atoms with Crippen LogP contribution in [0.25, 0.3) is 0 Å². The van der Waals surface area contributed by atoms with E-state index >= 15 is 0 Å². The number of rotatable bonds is 3. The lowest BCUT2D eigenvalue weighted by Gasteiger charge is -2.18. The van der Waals surface area contributed by atoms with E-state index in [0.717, 1.165) is 0 Å². The Kier molecular flexibility index (Phi) is 3.86. The molecule has 0 saturated carbocycles. The van der Waals surface area contributed by atoms with Crippen LogP contribution in [0.4, 0.5) is 0 Å². The zero-order valence-electron chi connectivity index (χ0n) is 4.90. The first-order valence-corrected chi connectivity index (χ1v) is 3.65. The van der Waals surface area contributed by atoms with Crippen LogP contribution in [0.5, 0.6) is 0 Å². The molecular weight excluding hydrogens is 182 g/mol. The van der Waals surface area contributed by atoms with E-state index in [1.807, 2.05) is 0 Å². The zero-order valence-corrected chi connectivity index (χ0v) is 7.17. The molecule has 0 saturated heterocycles. The van der Waals surface area contributed by atoms with Crippen molar-refractivity contribution in [2.24, 2.45) is 0 Å². The molecule has 1 atom stereocenters. The van der Waals surface area contributed by atoms with Gasteiger partial charge in [0.15, 0.2) is 0 Å². The van der Waals surface area contributed by atoms with Crippen molar-refractivity contribution in [3.8, 4) is 0 Å². The number of hydrogen-bond donors (Lipinski definition) is 0. The molecule has 0 spiro atoms. The van der Waals surface area contributed by atoms with Crippen LogP contribution >= 0.6 is 34.8 Å². The lowest BCUT2D eigenvalue weighted by atomic mass is 10.2. The van der Waals surface area contributed by atoms with Gasteiger partial charge < -0.3 is 4.79 Å². The molecule has 0 N–H and O–H groups in total. The largest absolute Gasteiger partial charge is 0.303 e. The number of halogens is 3. The van der Waals surface area contributed by atoms with Gasteiger partial charge in [-0.15, -0.1) is 11.6 Å². The van der Waals surface area contributed by atoms with E-state index < -0.39 is 9.71 Å². The fraction of sp³-hybridized carbons (Fsp3) is 0.800. The molecule has 4 heteroatoms. The Morgan fingerprint density at radius 3 is 2.22 bits per heavy atom. The fourth-order valence-electron chi connectivity index (χ4n) is 0.274. The Morgan fingerprint density at radius 1 is 1.67 bits per heavy atom. The molecule has 0 aliphatic carbocycles. The molecule has 0 aliphatic heterocycles. The van der Waals surface area contributed by atoms with Crippen LogP contribution < -0.4 is 0 Å². The Bertz CT molecular complexity index is 100. The Hall–Kier alpha value is 0.540. The summed E-state index contributed by atoms with van der Waals surface area (Å²) in [5, 5.41) is -0.411. The molecule has 0 fully saturated rings. The van der Waals surface area contributed by atoms with Crippen molar-refractivity contribution in [3.05, 3.63) is 0 Å². The molecule has 9 heavy (non-hydrogen) atoms. The third kappa shape index (κ3) is 3.29. The molecule has 1 unspecified atom stereocenters. The van der Waals surface area contributed by atoms with Crippen LogP contribution in [0, 0.1) is 0 Å². The molecule has 0 bridgehead atoms. The minimum Gasteiger partial charge on any atom is -0.303 e. The van der Waals surface area contributed by atoms with Gasteiger partial charge in [-0.05, 0) is 6.92 Å². The number of aldehydes is 1. The zero-order chi connectivity index (χ0) is 7.49. The summed E-state index contributed by atoms with van der Waals surface area (Å²) in [7, 11) is 0. The summed E-state index contributed by atoms with van der Waals surface area (Å²) >= 11 is 16.7. The number of hydrogen-bond acceptors (Lipinski definition) is 1. The maximum atomic E-state index is 9.90. The average Bonchev–Trinajstić information content (AvgIpc) is 1.65. The van der Waals surface area contributed by atoms with Gasteiger partial charge >= 0.3 is 0 Å². The fourth-order valence-corrected chi connectivity index (χ4v) is 0.489. The highest BCUT2D eigenvalue weighted by molar-refractivity contribution is 6.52. The molecule has 54 valence electrons. The summed E-state index contributed by atoms with van der Waals surface area (Å²) in [5.41, 5.74) is 0. The van der Waals surface area contributed by atoms with Crippen molar-refractivity contribution in [2.45, 2.75) is 23.1 Å². The van der Waals surface area contributed by atoms with Crippen molar-refractivity contribution in [1.82, 2.24) is 0 Å². The van der Waals surface area contributed by atoms with E-state index in [-0.39, 0.29) is 6.42 Å². The predicted molar refractivity (Wildman–Crippen MR) is 40.4 cm³/mol. The summed E-state index contributed by atoms with van der Waals surface area (Å²) in [6.45, 7) is 1.64. The van der Waals surface area contributed by atoms with E-state index in [1.165, 1.54) is 0 Å². The highest BCUT2D eigenvalue weighted by Gasteiger charge is 2.29. The molecule has 0 heterocycles. The van der Waals surface area contributed by atoms with Gasteiger partial charge in [-0.3, -0.25) is 0 Å². The first-order valence-electron chi connectivity index (χ1n) is 2.46. The number of carbonyl (C=O) groups is 1. The second-order valence-electron chi connectivity index (χ2n) is 1.75. The highest BCUT2D eigenvalue weighted by Crippen LogP contribution is 2.31. The standard InChI is InChI=1S/C5H7Cl3O/c1-4(6)5(7,8)2-3-9/h3-4H,2H2,1H3. The van der Waals surface area contributed by atoms with Gasteiger partial charge in [-0.1, -0.05) is 23.2 Å². The number of carbonyl (C=O) groups excluding carboxylic acids is 1. The highest BCUT2D eigenvalue weighted by atomic mass is 35.5. The molecular formula is C5H7Cl3O. The third-order valence-electron chi connectivity index (χ3n) is 0.937. The van der Waals surface area contributed by atoms with E-state index in [1.54, 1.807) is 6.92 Å². The number of alkyl halides is 3. The molecule has 0 aromatic heterocycles. The van der Waals surface area contributed by atoms with Crippen molar-refractivity contribution in [3.63, 3.8) is 0 Å². The van der Waals surface area contributed by atoms with E-state index in [4.69, 9.17) is 34.8 Å². The van der Waals surface area contributed by atoms with Gasteiger partial charge in [0, 0.05) is 6.42 Å². The normalized spacial score (nSPS) is 15.1. The van der Waals surface area contributed by atoms with Crippen LogP contribution in [0.15, 0.2) is 0 Å². The van der Waals surface area contributed by atoms with Crippen molar-refractivity contribution < 1.29 is 4.79 Å². The smallest absolute Gasteiger partial charge is 0.140 e. The van der Waals surface area contributed by atoms with Crippen LogP contribution in [0.1, 0.15) is 13.3 Å². The third-order valence-corrected chi connectivity index (χ3v) is 2.50. The van der Waals surface area contributed by atoms with Crippen molar-refractivity contribution in [1.29, 1.82) is 0 Å². The summed E-state index contributed by atoms with van der Waals surface area (Å²) in [5.74, 6) is 0. The van der Waals surface area contributed by atoms with Gasteiger partial charge in [0.05, 0.1) is 5.38 Å². The van der Waals surface area contributed by atoms with Crippen molar-refractivity contribution >= 4 is 41.1 Å². The van der Waals surface area contributed by atoms with Gasteiger partial charge in [-0.2, -0.15) is 0 Å². The minimum atomic E-state index is -1.11. The van der Waals surface area contributed by atoms with Crippen LogP contribution in [0.3, 0.4) is 0 Å². The molecule has 0 radical (unpaired) electrons. The van der Waals surface area contributed by atoms with E-state index in [2.05, 4.69) is 0 Å². The molecule has 0 rings (SSSR count). The molecule has 0 amide bonds.